The molecule has 0 bridgehead atoms. The smallest absolute Gasteiger partial charge is 0.274 e. The Bertz CT molecular complexity index is 732. The lowest BCUT2D eigenvalue weighted by Gasteiger charge is -2.40. The van der Waals surface area contributed by atoms with Crippen molar-refractivity contribution in [2.45, 2.75) is 18.4 Å². The fourth-order valence-corrected chi connectivity index (χ4v) is 3.28. The van der Waals surface area contributed by atoms with Crippen LogP contribution < -0.4 is 0 Å². The van der Waals surface area contributed by atoms with Crippen molar-refractivity contribution in [3.05, 3.63) is 29.3 Å². The molecular weight excluding hydrogens is 318 g/mol. The molecule has 1 aliphatic rings. The van der Waals surface area contributed by atoms with Crippen LogP contribution in [0.15, 0.2) is 18.6 Å². The summed E-state index contributed by atoms with van der Waals surface area (Å²) in [5.74, 6) is 0.238. The topological polar surface area (TPSA) is 74.0 Å². The van der Waals surface area contributed by atoms with Gasteiger partial charge in [-0.1, -0.05) is 11.6 Å². The number of likely N-dealkylation sites (tertiary alicyclic amines) is 1. The van der Waals surface area contributed by atoms with Crippen molar-refractivity contribution in [3.8, 4) is 0 Å². The van der Waals surface area contributed by atoms with Gasteiger partial charge in [0, 0.05) is 25.5 Å². The van der Waals surface area contributed by atoms with E-state index in [1.54, 1.807) is 21.7 Å². The van der Waals surface area contributed by atoms with Crippen LogP contribution in [0.3, 0.4) is 0 Å². The number of piperidine rings is 1. The van der Waals surface area contributed by atoms with Crippen molar-refractivity contribution < 1.29 is 9.90 Å². The maximum Gasteiger partial charge on any atom is 0.274 e. The van der Waals surface area contributed by atoms with Gasteiger partial charge >= 0.3 is 0 Å². The fourth-order valence-electron chi connectivity index (χ4n) is 3.13. The second-order valence-corrected chi connectivity index (χ2v) is 6.83. The van der Waals surface area contributed by atoms with E-state index in [0.29, 0.717) is 42.5 Å². The largest absolute Gasteiger partial charge is 0.387 e. The zero-order valence-corrected chi connectivity index (χ0v) is 14.0. The second kappa shape index (κ2) is 6.07. The molecule has 8 heteroatoms. The van der Waals surface area contributed by atoms with Gasteiger partial charge in [0.1, 0.15) is 5.69 Å². The van der Waals surface area contributed by atoms with E-state index in [-0.39, 0.29) is 5.91 Å². The van der Waals surface area contributed by atoms with Crippen LogP contribution in [0.1, 0.15) is 23.3 Å². The number of carbonyl (C=O) groups is 1. The van der Waals surface area contributed by atoms with E-state index in [4.69, 9.17) is 11.6 Å². The molecule has 0 saturated carbocycles. The van der Waals surface area contributed by atoms with Gasteiger partial charge in [0.05, 0.1) is 23.4 Å². The van der Waals surface area contributed by atoms with E-state index >= 15 is 0 Å². The summed E-state index contributed by atoms with van der Waals surface area (Å²) in [5, 5.41) is 11.2. The van der Waals surface area contributed by atoms with Gasteiger partial charge in [0.2, 0.25) is 5.78 Å². The number of aromatic nitrogens is 3. The van der Waals surface area contributed by atoms with E-state index in [2.05, 4.69) is 9.97 Å². The highest BCUT2D eigenvalue weighted by Gasteiger charge is 2.36. The fraction of sp³-hybridized carbons (Fsp3) is 0.533. The van der Waals surface area contributed by atoms with Crippen molar-refractivity contribution in [1.29, 1.82) is 0 Å². The molecule has 0 radical (unpaired) electrons. The molecule has 0 spiro atoms. The third-order valence-electron chi connectivity index (χ3n) is 3.95. The first-order valence-corrected chi connectivity index (χ1v) is 7.91. The minimum atomic E-state index is -0.877. The van der Waals surface area contributed by atoms with Gasteiger partial charge in [-0.05, 0) is 26.9 Å². The number of hydrogen-bond donors (Lipinski definition) is 1. The number of fused-ring (bicyclic) bond motifs is 1. The minimum absolute atomic E-state index is 0.191. The molecule has 124 valence electrons. The number of nitrogens with zero attached hydrogens (tertiary/aromatic N) is 5. The minimum Gasteiger partial charge on any atom is -0.387 e. The molecule has 23 heavy (non-hydrogen) atoms. The molecule has 2 aromatic rings. The van der Waals surface area contributed by atoms with Crippen molar-refractivity contribution >= 4 is 23.3 Å². The summed E-state index contributed by atoms with van der Waals surface area (Å²) in [6.45, 7) is 1.46. The molecule has 1 atom stereocenters. The first kappa shape index (κ1) is 16.2. The maximum absolute atomic E-state index is 12.7. The second-order valence-electron chi connectivity index (χ2n) is 6.40. The van der Waals surface area contributed by atoms with Gasteiger partial charge in [-0.2, -0.15) is 0 Å². The summed E-state index contributed by atoms with van der Waals surface area (Å²) in [5.41, 5.74) is -0.563. The lowest BCUT2D eigenvalue weighted by Crippen LogP contribution is -2.54. The molecule has 3 rings (SSSR count). The van der Waals surface area contributed by atoms with Crippen LogP contribution in [0.5, 0.6) is 0 Å². The predicted octanol–water partition coefficient (Wildman–Crippen LogP) is 0.911. The summed E-state index contributed by atoms with van der Waals surface area (Å²) < 4.78 is 1.63. The Labute approximate surface area is 139 Å². The summed E-state index contributed by atoms with van der Waals surface area (Å²) in [6, 6.07) is 0. The molecule has 1 amide bonds. The number of rotatable bonds is 3. The molecule has 0 unspecified atom stereocenters. The molecule has 1 N–H and O–H groups in total. The van der Waals surface area contributed by atoms with E-state index in [1.807, 2.05) is 19.0 Å². The molecular formula is C15H20ClN5O2. The average molecular weight is 338 g/mol. The third kappa shape index (κ3) is 3.46. The van der Waals surface area contributed by atoms with Crippen molar-refractivity contribution in [3.63, 3.8) is 0 Å². The summed E-state index contributed by atoms with van der Waals surface area (Å²) in [6.07, 6.45) is 6.24. The van der Waals surface area contributed by atoms with Crippen molar-refractivity contribution in [1.82, 2.24) is 24.2 Å². The number of imidazole rings is 1. The SMILES string of the molecule is CN(C)C[C@@]1(O)CCCN(C(=O)c2cn3cc(Cl)cnc3n2)C1. The number of hydrogen-bond acceptors (Lipinski definition) is 5. The quantitative estimate of drug-likeness (QED) is 0.901. The first-order chi connectivity index (χ1) is 10.9. The Morgan fingerprint density at radius 1 is 1.48 bits per heavy atom. The van der Waals surface area contributed by atoms with Crippen LogP contribution in [0, 0.1) is 0 Å². The van der Waals surface area contributed by atoms with Gasteiger partial charge in [-0.3, -0.25) is 9.20 Å². The van der Waals surface area contributed by atoms with Gasteiger partial charge in [0.15, 0.2) is 0 Å². The number of likely N-dealkylation sites (N-methyl/N-ethyl adjacent to an activating group) is 1. The van der Waals surface area contributed by atoms with Gasteiger partial charge in [0.25, 0.3) is 5.91 Å². The zero-order chi connectivity index (χ0) is 16.6. The average Bonchev–Trinajstić information content (AvgIpc) is 2.88. The van der Waals surface area contributed by atoms with Gasteiger partial charge in [-0.25, -0.2) is 9.97 Å². The number of β-amino-alcohol motifs (C(OH)–C–C–N with tert-alkyl or cyclic N) is 1. The number of aliphatic hydroxyl groups is 1. The molecule has 1 aliphatic heterocycles. The number of amides is 1. The van der Waals surface area contributed by atoms with Crippen LogP contribution in [0.2, 0.25) is 5.02 Å². The first-order valence-electron chi connectivity index (χ1n) is 7.53. The Hall–Kier alpha value is -1.70. The molecule has 7 nitrogen and oxygen atoms in total. The highest BCUT2D eigenvalue weighted by molar-refractivity contribution is 6.30. The van der Waals surface area contributed by atoms with E-state index in [1.165, 1.54) is 6.20 Å². The molecule has 1 saturated heterocycles. The van der Waals surface area contributed by atoms with Crippen LogP contribution in [0.4, 0.5) is 0 Å². The Morgan fingerprint density at radius 3 is 3.00 bits per heavy atom. The van der Waals surface area contributed by atoms with Crippen molar-refractivity contribution in [2.75, 3.05) is 33.7 Å². The highest BCUT2D eigenvalue weighted by atomic mass is 35.5. The summed E-state index contributed by atoms with van der Waals surface area (Å²) in [7, 11) is 3.83. The summed E-state index contributed by atoms with van der Waals surface area (Å²) >= 11 is 5.90. The molecule has 1 fully saturated rings. The van der Waals surface area contributed by atoms with E-state index in [0.717, 1.165) is 6.42 Å². The number of halogens is 1. The lowest BCUT2D eigenvalue weighted by molar-refractivity contribution is -0.0392. The zero-order valence-electron chi connectivity index (χ0n) is 13.2. The van der Waals surface area contributed by atoms with Crippen LogP contribution in [0.25, 0.3) is 5.78 Å². The van der Waals surface area contributed by atoms with Gasteiger partial charge in [-0.15, -0.1) is 0 Å². The third-order valence-corrected chi connectivity index (χ3v) is 4.15. The molecule has 2 aromatic heterocycles. The molecule has 0 aromatic carbocycles. The number of carbonyl (C=O) groups excluding carboxylic acids is 1. The standard InChI is InChI=1S/C15H20ClN5O2/c1-19(2)9-15(23)4-3-5-20(10-15)13(22)12-8-21-7-11(16)6-17-14(21)18-12/h6-8,23H,3-5,9-10H2,1-2H3/t15-/m0/s1. The summed E-state index contributed by atoms with van der Waals surface area (Å²) in [4.78, 5) is 24.6. The molecule has 0 aliphatic carbocycles. The Morgan fingerprint density at radius 2 is 2.26 bits per heavy atom. The highest BCUT2D eigenvalue weighted by Crippen LogP contribution is 2.23. The normalized spacial score (nSPS) is 22.0. The monoisotopic (exact) mass is 337 g/mol. The Balaban J connectivity index is 1.81. The Kier molecular flexibility index (Phi) is 4.27. The van der Waals surface area contributed by atoms with E-state index < -0.39 is 5.60 Å². The van der Waals surface area contributed by atoms with Crippen LogP contribution >= 0.6 is 11.6 Å². The van der Waals surface area contributed by atoms with E-state index in [9.17, 15) is 9.90 Å². The van der Waals surface area contributed by atoms with Gasteiger partial charge < -0.3 is 14.9 Å². The maximum atomic E-state index is 12.7. The van der Waals surface area contributed by atoms with Crippen LogP contribution in [-0.4, -0.2) is 74.5 Å². The lowest BCUT2D eigenvalue weighted by atomic mass is 9.92. The van der Waals surface area contributed by atoms with Crippen molar-refractivity contribution in [2.24, 2.45) is 0 Å². The van der Waals surface area contributed by atoms with Crippen LogP contribution in [-0.2, 0) is 0 Å². The predicted molar refractivity (Wildman–Crippen MR) is 86.6 cm³/mol. The molecule has 3 heterocycles.